The molecule has 0 unspecified atom stereocenters. The van der Waals surface area contributed by atoms with Crippen LogP contribution in [0.25, 0.3) is 22.3 Å². The summed E-state index contributed by atoms with van der Waals surface area (Å²) in [5.41, 5.74) is 5.15. The van der Waals surface area contributed by atoms with Crippen LogP contribution in [0.5, 0.6) is 11.5 Å². The second-order valence-corrected chi connectivity index (χ2v) is 20.6. The normalized spacial score (nSPS) is 16.1. The summed E-state index contributed by atoms with van der Waals surface area (Å²) in [6.45, 7) is 13.0. The quantitative estimate of drug-likeness (QED) is 0.117. The standard InChI is InChI=1S/C54H45N4OSi.Pt/c1-54(2,3)40-32-33-55-52(34-40)58-48-28-14-15-29-50(48)60(4,5)51-31-30-43(36-49(51)58)59-42-23-16-22-41(35-42)56-37-57(47-27-13-12-26-46(47)56)53-44(38-18-8-6-9-19-38)24-17-25-45(53)39-20-10-7-11-21-39;/h6-34,37H,1-5H3;/q-3;/i6D,7D,8D,9D,10D,11D,18D,19D,20D,21D;. The molecule has 0 N–H and O–H groups in total. The van der Waals surface area contributed by atoms with Crippen LogP contribution in [-0.4, -0.2) is 13.1 Å². The molecule has 0 spiro atoms. The van der Waals surface area contributed by atoms with E-state index in [1.54, 1.807) is 35.8 Å². The third-order valence-electron chi connectivity index (χ3n) is 11.1. The predicted octanol–water partition coefficient (Wildman–Crippen LogP) is 13.1. The van der Waals surface area contributed by atoms with Gasteiger partial charge in [-0.25, -0.2) is 4.98 Å². The van der Waals surface area contributed by atoms with Crippen LogP contribution >= 0.6 is 0 Å². The van der Waals surface area contributed by atoms with Gasteiger partial charge in [0.2, 0.25) is 0 Å². The number of rotatable bonds is 7. The van der Waals surface area contributed by atoms with Crippen LogP contribution in [0.2, 0.25) is 13.1 Å². The largest absolute Gasteiger partial charge is 0.509 e. The molecule has 0 saturated heterocycles. The van der Waals surface area contributed by atoms with Gasteiger partial charge in [0.1, 0.15) is 5.82 Å². The molecule has 7 aromatic carbocycles. The molecule has 3 heterocycles. The summed E-state index contributed by atoms with van der Waals surface area (Å²) in [4.78, 5) is 10.7. The van der Waals surface area contributed by atoms with Crippen molar-refractivity contribution in [2.75, 3.05) is 14.7 Å². The van der Waals surface area contributed by atoms with Gasteiger partial charge in [0.15, 0.2) is 0 Å². The molecule has 0 saturated carbocycles. The summed E-state index contributed by atoms with van der Waals surface area (Å²) in [5, 5.41) is 2.48. The Labute approximate surface area is 389 Å². The first-order valence-electron chi connectivity index (χ1n) is 24.7. The fourth-order valence-electron chi connectivity index (χ4n) is 8.12. The van der Waals surface area contributed by atoms with Gasteiger partial charge in [0.25, 0.3) is 0 Å². The van der Waals surface area contributed by atoms with E-state index in [-0.39, 0.29) is 54.4 Å². The van der Waals surface area contributed by atoms with Crippen LogP contribution in [0.3, 0.4) is 0 Å². The molecule has 0 bridgehead atoms. The molecule has 1 aromatic heterocycles. The number of fused-ring (bicyclic) bond motifs is 3. The van der Waals surface area contributed by atoms with E-state index in [1.807, 2.05) is 53.6 Å². The maximum atomic E-state index is 9.02. The van der Waals surface area contributed by atoms with Gasteiger partial charge in [-0.1, -0.05) is 149 Å². The van der Waals surface area contributed by atoms with Crippen molar-refractivity contribution in [1.29, 1.82) is 0 Å². The first-order chi connectivity index (χ1) is 33.3. The molecule has 0 aliphatic carbocycles. The topological polar surface area (TPSA) is 31.8 Å². The SMILES string of the molecule is [2H]c1c([2H])c([2H])c(-c2cccc(-c3c([2H])c([2H])c([2H])c([2H])c3[2H])c2N2[CH-]N(c3[c-]c(Oc4[c-]c5c(cc4)[Si](C)(C)c4ccccc4N5c4cc(C(C)(C)C)ccn4)ccc3)c3ccccc32)c([2H])c1[2H].[Pt]. The fraction of sp³-hybridized carbons (Fsp3) is 0.111. The Morgan fingerprint density at radius 1 is 0.639 bits per heavy atom. The maximum absolute atomic E-state index is 9.02. The molecule has 2 aliphatic rings. The Morgan fingerprint density at radius 2 is 1.25 bits per heavy atom. The number of anilines is 7. The molecule has 8 aromatic rings. The van der Waals surface area contributed by atoms with E-state index < -0.39 is 68.5 Å². The van der Waals surface area contributed by atoms with E-state index in [2.05, 4.69) is 93.4 Å². The molecule has 10 rings (SSSR count). The zero-order valence-electron chi connectivity index (χ0n) is 44.1. The number of pyridine rings is 1. The Morgan fingerprint density at radius 3 is 1.92 bits per heavy atom. The zero-order valence-corrected chi connectivity index (χ0v) is 37.3. The first kappa shape index (κ1) is 29.9. The van der Waals surface area contributed by atoms with E-state index in [1.165, 1.54) is 10.4 Å². The number of benzene rings is 7. The number of hydrogen-bond donors (Lipinski definition) is 0. The molecular formula is C54H45N4OPtSi-3. The Kier molecular flexibility index (Phi) is 7.85. The predicted molar refractivity (Wildman–Crippen MR) is 251 cm³/mol. The summed E-state index contributed by atoms with van der Waals surface area (Å²) >= 11 is 0. The van der Waals surface area contributed by atoms with E-state index >= 15 is 0 Å². The van der Waals surface area contributed by atoms with Crippen molar-refractivity contribution in [2.24, 2.45) is 0 Å². The number of nitrogens with zero attached hydrogens (tertiary/aromatic N) is 4. The van der Waals surface area contributed by atoms with E-state index in [0.717, 1.165) is 22.8 Å². The second kappa shape index (κ2) is 16.0. The van der Waals surface area contributed by atoms with Crippen molar-refractivity contribution >= 4 is 58.4 Å². The molecule has 61 heavy (non-hydrogen) atoms. The molecular weight excluding hydrogens is 944 g/mol. The number of para-hydroxylation sites is 4. The summed E-state index contributed by atoms with van der Waals surface area (Å²) < 4.78 is 93.7. The van der Waals surface area contributed by atoms with Gasteiger partial charge in [-0.2, -0.15) is 12.1 Å². The molecule has 0 amide bonds. The zero-order chi connectivity index (χ0) is 49.7. The molecule has 304 valence electrons. The van der Waals surface area contributed by atoms with Gasteiger partial charge < -0.3 is 19.4 Å². The van der Waals surface area contributed by atoms with Gasteiger partial charge in [-0.05, 0) is 57.6 Å². The Balaban J connectivity index is 0.00000624. The molecule has 0 fully saturated rings. The minimum absolute atomic E-state index is 0. The Hall–Kier alpha value is -6.20. The second-order valence-electron chi connectivity index (χ2n) is 16.3. The van der Waals surface area contributed by atoms with Gasteiger partial charge in [-0.3, -0.25) is 0 Å². The van der Waals surface area contributed by atoms with Crippen LogP contribution in [-0.2, 0) is 26.5 Å². The summed E-state index contributed by atoms with van der Waals surface area (Å²) in [6, 6.07) is 36.5. The van der Waals surface area contributed by atoms with Gasteiger partial charge in [0.05, 0.1) is 21.8 Å². The maximum Gasteiger partial charge on any atom is 0.135 e. The van der Waals surface area contributed by atoms with E-state index in [9.17, 15) is 0 Å². The van der Waals surface area contributed by atoms with E-state index in [4.69, 9.17) is 23.4 Å². The van der Waals surface area contributed by atoms with Crippen molar-refractivity contribution < 1.29 is 39.5 Å². The average Bonchev–Trinajstić information content (AvgIpc) is 3.73. The van der Waals surface area contributed by atoms with Gasteiger partial charge >= 0.3 is 0 Å². The average molecular weight is 999 g/mol. The minimum atomic E-state index is -2.22. The van der Waals surface area contributed by atoms with Crippen molar-refractivity contribution in [1.82, 2.24) is 4.98 Å². The van der Waals surface area contributed by atoms with Crippen molar-refractivity contribution in [3.8, 4) is 33.8 Å². The van der Waals surface area contributed by atoms with Crippen molar-refractivity contribution in [3.05, 3.63) is 200 Å². The third kappa shape index (κ3) is 7.28. The smallest absolute Gasteiger partial charge is 0.135 e. The van der Waals surface area contributed by atoms with Crippen molar-refractivity contribution in [2.45, 2.75) is 39.3 Å². The minimum Gasteiger partial charge on any atom is -0.509 e. The van der Waals surface area contributed by atoms with Crippen LogP contribution in [0.1, 0.15) is 40.0 Å². The number of aromatic nitrogens is 1. The van der Waals surface area contributed by atoms with Crippen LogP contribution in [0.4, 0.5) is 39.9 Å². The number of ether oxygens (including phenoxy) is 1. The van der Waals surface area contributed by atoms with Crippen molar-refractivity contribution in [3.63, 3.8) is 0 Å². The molecule has 0 radical (unpaired) electrons. The third-order valence-corrected chi connectivity index (χ3v) is 14.7. The summed E-state index contributed by atoms with van der Waals surface area (Å²) in [5.74, 6) is 1.64. The first-order valence-corrected chi connectivity index (χ1v) is 22.7. The monoisotopic (exact) mass is 998 g/mol. The molecule has 2 aliphatic heterocycles. The molecule has 7 heteroatoms. The fourth-order valence-corrected chi connectivity index (χ4v) is 11.0. The molecule has 0 atom stereocenters. The van der Waals surface area contributed by atoms with E-state index in [0.29, 0.717) is 28.6 Å². The van der Waals surface area contributed by atoms with Gasteiger partial charge in [0, 0.05) is 72.6 Å². The number of hydrogen-bond acceptors (Lipinski definition) is 5. The molecule has 5 nitrogen and oxygen atoms in total. The van der Waals surface area contributed by atoms with Crippen LogP contribution < -0.4 is 29.8 Å². The van der Waals surface area contributed by atoms with Crippen LogP contribution in [0, 0.1) is 18.8 Å². The summed E-state index contributed by atoms with van der Waals surface area (Å²) in [6.07, 6.45) is 1.86. The Bertz CT molecular complexity index is 3330. The summed E-state index contributed by atoms with van der Waals surface area (Å²) in [7, 11) is -2.22. The van der Waals surface area contributed by atoms with Gasteiger partial charge in [-0.15, -0.1) is 47.9 Å². The van der Waals surface area contributed by atoms with Crippen LogP contribution in [0.15, 0.2) is 176 Å².